The largest absolute Gasteiger partial charge is 0.335 e. The third-order valence-corrected chi connectivity index (χ3v) is 3.85. The van der Waals surface area contributed by atoms with E-state index in [9.17, 15) is 4.79 Å². The zero-order valence-corrected chi connectivity index (χ0v) is 12.2. The van der Waals surface area contributed by atoms with Gasteiger partial charge in [-0.1, -0.05) is 23.7 Å². The number of hydrogen-bond acceptors (Lipinski definition) is 6. The van der Waals surface area contributed by atoms with Crippen molar-refractivity contribution in [2.24, 2.45) is 5.92 Å². The molecule has 1 aliphatic carbocycles. The van der Waals surface area contributed by atoms with Gasteiger partial charge >= 0.3 is 0 Å². The van der Waals surface area contributed by atoms with Crippen LogP contribution in [0.2, 0.25) is 0 Å². The van der Waals surface area contributed by atoms with Crippen LogP contribution in [0.25, 0.3) is 11.3 Å². The Bertz CT molecular complexity index is 824. The van der Waals surface area contributed by atoms with Crippen LogP contribution >= 0.6 is 0 Å². The second kappa shape index (κ2) is 6.20. The molecule has 23 heavy (non-hydrogen) atoms. The Hall–Kier alpha value is -3.32. The van der Waals surface area contributed by atoms with Crippen LogP contribution in [0.3, 0.4) is 0 Å². The molecule has 7 heteroatoms. The van der Waals surface area contributed by atoms with E-state index in [0.29, 0.717) is 16.8 Å². The lowest BCUT2D eigenvalue weighted by Gasteiger charge is -2.23. The lowest BCUT2D eigenvalue weighted by molar-refractivity contribution is -0.122. The minimum absolute atomic E-state index is 0.0135. The van der Waals surface area contributed by atoms with Gasteiger partial charge in [0, 0.05) is 11.5 Å². The fourth-order valence-electron chi connectivity index (χ4n) is 2.36. The number of aromatic nitrogens is 1. The van der Waals surface area contributed by atoms with E-state index in [2.05, 4.69) is 15.8 Å². The van der Waals surface area contributed by atoms with Crippen LogP contribution < -0.4 is 10.6 Å². The molecule has 1 aromatic carbocycles. The van der Waals surface area contributed by atoms with Gasteiger partial charge in [0.15, 0.2) is 6.19 Å². The third-order valence-electron chi connectivity index (χ3n) is 3.85. The van der Waals surface area contributed by atoms with Crippen molar-refractivity contribution in [3.05, 3.63) is 29.8 Å². The Morgan fingerprint density at radius 3 is 2.83 bits per heavy atom. The summed E-state index contributed by atoms with van der Waals surface area (Å²) >= 11 is 0. The number of nitrogens with zero attached hydrogens (tertiary/aromatic N) is 3. The first-order chi connectivity index (χ1) is 11.2. The van der Waals surface area contributed by atoms with E-state index in [1.807, 2.05) is 12.3 Å². The summed E-state index contributed by atoms with van der Waals surface area (Å²) in [4.78, 5) is 12.0. The maximum atomic E-state index is 12.0. The minimum Gasteiger partial charge on any atom is -0.335 e. The first kappa shape index (κ1) is 14.6. The lowest BCUT2D eigenvalue weighted by Crippen LogP contribution is -2.28. The predicted octanol–water partition coefficient (Wildman–Crippen LogP) is 2.84. The number of rotatable bonds is 4. The molecule has 2 aromatic rings. The topological polar surface area (TPSA) is 115 Å². The fourth-order valence-corrected chi connectivity index (χ4v) is 2.36. The molecule has 1 fully saturated rings. The monoisotopic (exact) mass is 307 g/mol. The van der Waals surface area contributed by atoms with Crippen molar-refractivity contribution >= 4 is 17.5 Å². The molecule has 3 rings (SSSR count). The van der Waals surface area contributed by atoms with Crippen molar-refractivity contribution in [1.82, 2.24) is 5.16 Å². The number of carbonyl (C=O) groups is 1. The van der Waals surface area contributed by atoms with E-state index in [1.54, 1.807) is 24.3 Å². The molecule has 0 bridgehead atoms. The molecule has 7 nitrogen and oxygen atoms in total. The molecule has 1 heterocycles. The maximum Gasteiger partial charge on any atom is 0.256 e. The van der Waals surface area contributed by atoms with Crippen LogP contribution in [-0.2, 0) is 4.79 Å². The molecule has 0 spiro atoms. The highest BCUT2D eigenvalue weighted by Gasteiger charge is 2.28. The van der Waals surface area contributed by atoms with E-state index in [0.717, 1.165) is 19.3 Å². The normalized spacial score (nSPS) is 13.5. The Morgan fingerprint density at radius 2 is 2.17 bits per heavy atom. The number of carbonyl (C=O) groups excluding carboxylic acids is 1. The van der Waals surface area contributed by atoms with Gasteiger partial charge in [-0.3, -0.25) is 15.4 Å². The molecule has 0 unspecified atom stereocenters. The standard InChI is InChI=1S/C16H13N5O2/c17-8-10-3-1-6-12(7-10)13-14(19-9-18)16(23-21-13)20-15(22)11-4-2-5-11/h1,3,6-7,11,19H,2,4-5H2,(H,20,22). The van der Waals surface area contributed by atoms with Gasteiger partial charge in [-0.2, -0.15) is 10.5 Å². The summed E-state index contributed by atoms with van der Waals surface area (Å²) in [6.45, 7) is 0. The first-order valence-corrected chi connectivity index (χ1v) is 7.19. The number of benzene rings is 1. The Labute approximate surface area is 132 Å². The number of nitrogens with one attached hydrogen (secondary N) is 2. The van der Waals surface area contributed by atoms with Crippen molar-refractivity contribution in [3.8, 4) is 23.5 Å². The van der Waals surface area contributed by atoms with Gasteiger partial charge in [0.25, 0.3) is 5.88 Å². The minimum atomic E-state index is -0.134. The second-order valence-corrected chi connectivity index (χ2v) is 5.28. The molecule has 1 aromatic heterocycles. The van der Waals surface area contributed by atoms with Gasteiger partial charge in [-0.05, 0) is 25.0 Å². The van der Waals surface area contributed by atoms with E-state index in [-0.39, 0.29) is 23.4 Å². The van der Waals surface area contributed by atoms with E-state index >= 15 is 0 Å². The van der Waals surface area contributed by atoms with Crippen molar-refractivity contribution in [2.75, 3.05) is 10.6 Å². The summed E-state index contributed by atoms with van der Waals surface area (Å²) in [7, 11) is 0. The van der Waals surface area contributed by atoms with Crippen molar-refractivity contribution in [3.63, 3.8) is 0 Å². The molecule has 2 N–H and O–H groups in total. The van der Waals surface area contributed by atoms with E-state index < -0.39 is 0 Å². The number of nitriles is 2. The van der Waals surface area contributed by atoms with Crippen LogP contribution in [0.1, 0.15) is 24.8 Å². The number of hydrogen-bond donors (Lipinski definition) is 2. The van der Waals surface area contributed by atoms with Gasteiger partial charge < -0.3 is 4.52 Å². The molecule has 0 saturated heterocycles. The highest BCUT2D eigenvalue weighted by Crippen LogP contribution is 2.35. The van der Waals surface area contributed by atoms with Crippen molar-refractivity contribution in [1.29, 1.82) is 10.5 Å². The molecule has 1 aliphatic rings. The molecule has 114 valence electrons. The zero-order valence-electron chi connectivity index (χ0n) is 12.2. The Balaban J connectivity index is 1.93. The number of anilines is 2. The quantitative estimate of drug-likeness (QED) is 0.663. The second-order valence-electron chi connectivity index (χ2n) is 5.28. The van der Waals surface area contributed by atoms with E-state index in [4.69, 9.17) is 15.0 Å². The average Bonchev–Trinajstić information content (AvgIpc) is 2.89. The molecule has 1 amide bonds. The summed E-state index contributed by atoms with van der Waals surface area (Å²) < 4.78 is 5.19. The SMILES string of the molecule is N#CNc1c(-c2cccc(C#N)c2)noc1NC(=O)C1CCC1. The fraction of sp³-hybridized carbons (Fsp3) is 0.250. The highest BCUT2D eigenvalue weighted by molar-refractivity contribution is 5.97. The zero-order chi connectivity index (χ0) is 16.2. The van der Waals surface area contributed by atoms with Crippen molar-refractivity contribution in [2.45, 2.75) is 19.3 Å². The predicted molar refractivity (Wildman–Crippen MR) is 81.9 cm³/mol. The number of amides is 1. The summed E-state index contributed by atoms with van der Waals surface area (Å²) in [5.74, 6) is -0.0353. The lowest BCUT2D eigenvalue weighted by atomic mass is 9.85. The molecular weight excluding hydrogens is 294 g/mol. The summed E-state index contributed by atoms with van der Waals surface area (Å²) in [5, 5.41) is 27.0. The van der Waals surface area contributed by atoms with Crippen LogP contribution in [-0.4, -0.2) is 11.1 Å². The smallest absolute Gasteiger partial charge is 0.256 e. The van der Waals surface area contributed by atoms with Gasteiger partial charge in [0.05, 0.1) is 11.6 Å². The summed E-state index contributed by atoms with van der Waals surface area (Å²) in [5.41, 5.74) is 1.74. The van der Waals surface area contributed by atoms with Crippen LogP contribution in [0, 0.1) is 28.7 Å². The molecule has 0 aliphatic heterocycles. The van der Waals surface area contributed by atoms with Gasteiger partial charge in [0.2, 0.25) is 5.91 Å². The Kier molecular flexibility index (Phi) is 3.94. The van der Waals surface area contributed by atoms with Gasteiger partial charge in [0.1, 0.15) is 11.4 Å². The Morgan fingerprint density at radius 1 is 1.35 bits per heavy atom. The molecule has 0 radical (unpaired) electrons. The first-order valence-electron chi connectivity index (χ1n) is 7.19. The molecule has 1 saturated carbocycles. The maximum absolute atomic E-state index is 12.0. The highest BCUT2D eigenvalue weighted by atomic mass is 16.5. The average molecular weight is 307 g/mol. The molecular formula is C16H13N5O2. The van der Waals surface area contributed by atoms with Crippen LogP contribution in [0.15, 0.2) is 28.8 Å². The van der Waals surface area contributed by atoms with Gasteiger partial charge in [-0.25, -0.2) is 0 Å². The van der Waals surface area contributed by atoms with Crippen LogP contribution in [0.5, 0.6) is 0 Å². The summed E-state index contributed by atoms with van der Waals surface area (Å²) in [6, 6.07) is 8.81. The van der Waals surface area contributed by atoms with Gasteiger partial charge in [-0.15, -0.1) is 0 Å². The van der Waals surface area contributed by atoms with Crippen molar-refractivity contribution < 1.29 is 9.32 Å². The summed E-state index contributed by atoms with van der Waals surface area (Å²) in [6.07, 6.45) is 4.58. The van der Waals surface area contributed by atoms with E-state index in [1.165, 1.54) is 0 Å². The van der Waals surface area contributed by atoms with Crippen LogP contribution in [0.4, 0.5) is 11.6 Å². The molecule has 0 atom stereocenters. The third kappa shape index (κ3) is 2.85.